The van der Waals surface area contributed by atoms with E-state index in [0.717, 1.165) is 13.0 Å². The van der Waals surface area contributed by atoms with Crippen LogP contribution in [0.1, 0.15) is 38.8 Å². The Morgan fingerprint density at radius 3 is 2.59 bits per heavy atom. The van der Waals surface area contributed by atoms with Gasteiger partial charge < -0.3 is 10.1 Å². The lowest BCUT2D eigenvalue weighted by molar-refractivity contribution is 0.358. The predicted octanol–water partition coefficient (Wildman–Crippen LogP) is 3.53. The van der Waals surface area contributed by atoms with Crippen LogP contribution in [-0.2, 0) is 0 Å². The molecule has 0 spiro atoms. The van der Waals surface area contributed by atoms with E-state index >= 15 is 0 Å². The summed E-state index contributed by atoms with van der Waals surface area (Å²) in [5.74, 6) is 0.728. The van der Waals surface area contributed by atoms with Gasteiger partial charge in [-0.3, -0.25) is 0 Å². The lowest BCUT2D eigenvalue weighted by Gasteiger charge is -2.25. The van der Waals surface area contributed by atoms with Crippen molar-refractivity contribution in [1.82, 2.24) is 5.32 Å². The summed E-state index contributed by atoms with van der Waals surface area (Å²) >= 11 is 0. The Morgan fingerprint density at radius 1 is 1.35 bits per heavy atom. The molecule has 1 unspecified atom stereocenters. The van der Waals surface area contributed by atoms with Crippen molar-refractivity contribution >= 4 is 0 Å². The van der Waals surface area contributed by atoms with Crippen molar-refractivity contribution in [3.8, 4) is 5.75 Å². The molecule has 3 heteroatoms. The third-order valence-corrected chi connectivity index (χ3v) is 2.82. The second-order valence-corrected chi connectivity index (χ2v) is 4.53. The van der Waals surface area contributed by atoms with Gasteiger partial charge in [-0.2, -0.15) is 0 Å². The van der Waals surface area contributed by atoms with E-state index in [4.69, 9.17) is 4.74 Å². The van der Waals surface area contributed by atoms with Crippen molar-refractivity contribution in [2.75, 3.05) is 13.7 Å². The van der Waals surface area contributed by atoms with Crippen LogP contribution in [0.4, 0.5) is 4.39 Å². The van der Waals surface area contributed by atoms with Gasteiger partial charge in [-0.25, -0.2) is 4.39 Å². The third-order valence-electron chi connectivity index (χ3n) is 2.82. The molecule has 0 aliphatic rings. The molecule has 1 atom stereocenters. The minimum Gasteiger partial charge on any atom is -0.496 e. The zero-order valence-corrected chi connectivity index (χ0v) is 11.1. The normalized spacial score (nSPS) is 12.8. The fourth-order valence-corrected chi connectivity index (χ4v) is 1.97. The van der Waals surface area contributed by atoms with Gasteiger partial charge in [-0.15, -0.1) is 0 Å². The maximum Gasteiger partial charge on any atom is 0.131 e. The Labute approximate surface area is 103 Å². The van der Waals surface area contributed by atoms with Crippen LogP contribution in [0.5, 0.6) is 5.75 Å². The summed E-state index contributed by atoms with van der Waals surface area (Å²) in [6.07, 6.45) is 1.03. The highest BCUT2D eigenvalue weighted by molar-refractivity contribution is 5.37. The van der Waals surface area contributed by atoms with E-state index in [-0.39, 0.29) is 11.9 Å². The molecular formula is C14H22FNO. The summed E-state index contributed by atoms with van der Waals surface area (Å²) < 4.78 is 19.2. The average molecular weight is 239 g/mol. The summed E-state index contributed by atoms with van der Waals surface area (Å²) in [7, 11) is 1.58. The van der Waals surface area contributed by atoms with E-state index in [1.165, 1.54) is 6.07 Å². The second kappa shape index (κ2) is 6.60. The van der Waals surface area contributed by atoms with Gasteiger partial charge in [-0.05, 0) is 31.0 Å². The summed E-state index contributed by atoms with van der Waals surface area (Å²) in [5.41, 5.74) is 0.637. The molecular weight excluding hydrogens is 217 g/mol. The van der Waals surface area contributed by atoms with Crippen molar-refractivity contribution in [3.63, 3.8) is 0 Å². The van der Waals surface area contributed by atoms with Gasteiger partial charge in [0, 0.05) is 11.6 Å². The number of hydrogen-bond donors (Lipinski definition) is 1. The molecule has 0 fully saturated rings. The van der Waals surface area contributed by atoms with Gasteiger partial charge in [0.15, 0.2) is 0 Å². The minimum atomic E-state index is -0.202. The molecule has 1 N–H and O–H groups in total. The maximum atomic E-state index is 14.0. The molecule has 0 saturated heterocycles. The Bertz CT molecular complexity index is 352. The number of ether oxygens (including phenoxy) is 1. The van der Waals surface area contributed by atoms with E-state index in [1.54, 1.807) is 19.2 Å². The highest BCUT2D eigenvalue weighted by Crippen LogP contribution is 2.32. The number of benzene rings is 1. The molecule has 0 heterocycles. The zero-order valence-electron chi connectivity index (χ0n) is 11.1. The van der Waals surface area contributed by atoms with E-state index in [1.807, 2.05) is 0 Å². The van der Waals surface area contributed by atoms with Gasteiger partial charge in [0.2, 0.25) is 0 Å². The SMILES string of the molecule is CCCNC(c1c(F)cccc1OC)C(C)C. The molecule has 0 bridgehead atoms. The molecule has 1 aromatic carbocycles. The molecule has 2 nitrogen and oxygen atoms in total. The summed E-state index contributed by atoms with van der Waals surface area (Å²) in [6.45, 7) is 7.14. The van der Waals surface area contributed by atoms with Crippen molar-refractivity contribution < 1.29 is 9.13 Å². The number of rotatable bonds is 6. The first-order valence-corrected chi connectivity index (χ1v) is 6.17. The smallest absolute Gasteiger partial charge is 0.131 e. The monoisotopic (exact) mass is 239 g/mol. The average Bonchev–Trinajstić information content (AvgIpc) is 2.30. The second-order valence-electron chi connectivity index (χ2n) is 4.53. The first-order valence-electron chi connectivity index (χ1n) is 6.17. The topological polar surface area (TPSA) is 21.3 Å². The fourth-order valence-electron chi connectivity index (χ4n) is 1.97. The van der Waals surface area contributed by atoms with Crippen molar-refractivity contribution in [3.05, 3.63) is 29.6 Å². The molecule has 0 aromatic heterocycles. The van der Waals surface area contributed by atoms with E-state index in [9.17, 15) is 4.39 Å². The fraction of sp³-hybridized carbons (Fsp3) is 0.571. The molecule has 0 saturated carbocycles. The largest absolute Gasteiger partial charge is 0.496 e. The van der Waals surface area contributed by atoms with Crippen LogP contribution >= 0.6 is 0 Å². The standard InChI is InChI=1S/C14H22FNO/c1-5-9-16-14(10(2)3)13-11(15)7-6-8-12(13)17-4/h6-8,10,14,16H,5,9H2,1-4H3. The quantitative estimate of drug-likeness (QED) is 0.820. The van der Waals surface area contributed by atoms with Crippen LogP contribution < -0.4 is 10.1 Å². The molecule has 96 valence electrons. The molecule has 17 heavy (non-hydrogen) atoms. The van der Waals surface area contributed by atoms with E-state index < -0.39 is 0 Å². The Kier molecular flexibility index (Phi) is 5.42. The molecule has 0 aliphatic heterocycles. The van der Waals surface area contributed by atoms with Gasteiger partial charge in [0.25, 0.3) is 0 Å². The Hall–Kier alpha value is -1.09. The molecule has 0 amide bonds. The molecule has 1 aromatic rings. The third kappa shape index (κ3) is 3.43. The Balaban J connectivity index is 3.07. The summed E-state index contributed by atoms with van der Waals surface area (Å²) in [5, 5.41) is 3.38. The van der Waals surface area contributed by atoms with Crippen LogP contribution in [0.25, 0.3) is 0 Å². The van der Waals surface area contributed by atoms with Gasteiger partial charge in [0.1, 0.15) is 11.6 Å². The van der Waals surface area contributed by atoms with Crippen LogP contribution in [0.2, 0.25) is 0 Å². The zero-order chi connectivity index (χ0) is 12.8. The van der Waals surface area contributed by atoms with Gasteiger partial charge >= 0.3 is 0 Å². The van der Waals surface area contributed by atoms with E-state index in [2.05, 4.69) is 26.1 Å². The lowest BCUT2D eigenvalue weighted by atomic mass is 9.94. The highest BCUT2D eigenvalue weighted by Gasteiger charge is 2.22. The van der Waals surface area contributed by atoms with Crippen molar-refractivity contribution in [1.29, 1.82) is 0 Å². The maximum absolute atomic E-state index is 14.0. The first kappa shape index (κ1) is 14.0. The predicted molar refractivity (Wildman–Crippen MR) is 68.8 cm³/mol. The van der Waals surface area contributed by atoms with Crippen LogP contribution in [-0.4, -0.2) is 13.7 Å². The minimum absolute atomic E-state index is 0.00824. The molecule has 0 radical (unpaired) electrons. The number of halogens is 1. The van der Waals surface area contributed by atoms with Gasteiger partial charge in [-0.1, -0.05) is 26.8 Å². The Morgan fingerprint density at radius 2 is 2.06 bits per heavy atom. The van der Waals surface area contributed by atoms with Crippen LogP contribution in [0.3, 0.4) is 0 Å². The van der Waals surface area contributed by atoms with E-state index in [0.29, 0.717) is 17.2 Å². The molecule has 0 aliphatic carbocycles. The van der Waals surface area contributed by atoms with Crippen LogP contribution in [0.15, 0.2) is 18.2 Å². The summed E-state index contributed by atoms with van der Waals surface area (Å²) in [6, 6.07) is 4.96. The number of methoxy groups -OCH3 is 1. The highest BCUT2D eigenvalue weighted by atomic mass is 19.1. The lowest BCUT2D eigenvalue weighted by Crippen LogP contribution is -2.27. The van der Waals surface area contributed by atoms with Crippen molar-refractivity contribution in [2.45, 2.75) is 33.2 Å². The summed E-state index contributed by atoms with van der Waals surface area (Å²) in [4.78, 5) is 0. The van der Waals surface area contributed by atoms with Crippen molar-refractivity contribution in [2.24, 2.45) is 5.92 Å². The molecule has 1 rings (SSSR count). The number of nitrogens with one attached hydrogen (secondary N) is 1. The van der Waals surface area contributed by atoms with Crippen LogP contribution in [0, 0.1) is 11.7 Å². The first-order chi connectivity index (χ1) is 8.11. The van der Waals surface area contributed by atoms with Gasteiger partial charge in [0.05, 0.1) is 7.11 Å². The number of hydrogen-bond acceptors (Lipinski definition) is 2.